The van der Waals surface area contributed by atoms with E-state index in [-0.39, 0.29) is 17.9 Å². The van der Waals surface area contributed by atoms with E-state index in [1.54, 1.807) is 6.07 Å². The van der Waals surface area contributed by atoms with Crippen molar-refractivity contribution in [2.75, 3.05) is 6.79 Å². The average molecular weight is 366 g/mol. The molecule has 0 fully saturated rings. The fraction of sp³-hybridized carbons (Fsp3) is 0.316. The van der Waals surface area contributed by atoms with Crippen LogP contribution in [0.15, 0.2) is 30.3 Å². The van der Waals surface area contributed by atoms with Crippen LogP contribution in [0, 0.1) is 5.92 Å². The van der Waals surface area contributed by atoms with E-state index in [0.717, 1.165) is 11.6 Å². The Morgan fingerprint density at radius 1 is 1.15 bits per heavy atom. The first kappa shape index (κ1) is 18.1. The number of carbonyl (C=O) groups is 1. The summed E-state index contributed by atoms with van der Waals surface area (Å²) in [5.74, 6) is 0.748. The van der Waals surface area contributed by atoms with E-state index >= 15 is 0 Å². The van der Waals surface area contributed by atoms with Crippen LogP contribution in [0.3, 0.4) is 0 Å². The molecule has 0 aromatic heterocycles. The van der Waals surface area contributed by atoms with Crippen LogP contribution < -0.4 is 14.2 Å². The number of fused-ring (bicyclic) bond motifs is 1. The first-order chi connectivity index (χ1) is 12.3. The molecule has 138 valence electrons. The molecule has 0 unspecified atom stereocenters. The van der Waals surface area contributed by atoms with E-state index in [1.165, 1.54) is 12.1 Å². The zero-order valence-electron chi connectivity index (χ0n) is 14.2. The minimum atomic E-state index is -4.85. The van der Waals surface area contributed by atoms with Crippen LogP contribution in [-0.4, -0.2) is 19.4 Å². The fourth-order valence-corrected chi connectivity index (χ4v) is 2.90. The van der Waals surface area contributed by atoms with Crippen molar-refractivity contribution in [3.8, 4) is 28.4 Å². The molecule has 0 atom stereocenters. The van der Waals surface area contributed by atoms with E-state index in [0.29, 0.717) is 35.7 Å². The number of halogens is 3. The zero-order chi connectivity index (χ0) is 18.9. The molecule has 2 aromatic rings. The Kier molecular flexibility index (Phi) is 4.80. The lowest BCUT2D eigenvalue weighted by molar-refractivity contribution is -0.274. The normalized spacial score (nSPS) is 13.2. The maximum absolute atomic E-state index is 12.8. The molecule has 0 N–H and O–H groups in total. The summed E-state index contributed by atoms with van der Waals surface area (Å²) in [5, 5.41) is 0. The summed E-state index contributed by atoms with van der Waals surface area (Å²) >= 11 is 0. The summed E-state index contributed by atoms with van der Waals surface area (Å²) in [7, 11) is 0. The van der Waals surface area contributed by atoms with Gasteiger partial charge in [0.2, 0.25) is 6.79 Å². The van der Waals surface area contributed by atoms with Gasteiger partial charge in [0.15, 0.2) is 11.5 Å². The molecule has 1 aliphatic heterocycles. The molecule has 0 amide bonds. The highest BCUT2D eigenvalue weighted by molar-refractivity contribution is 5.85. The third-order valence-corrected chi connectivity index (χ3v) is 3.83. The Bertz CT molecular complexity index is 828. The predicted octanol–water partition coefficient (Wildman–Crippen LogP) is 4.99. The third kappa shape index (κ3) is 3.92. The van der Waals surface area contributed by atoms with E-state index < -0.39 is 12.1 Å². The smallest absolute Gasteiger partial charge is 0.454 e. The molecule has 4 nitrogen and oxygen atoms in total. The van der Waals surface area contributed by atoms with Crippen LogP contribution in [-0.2, 0) is 6.42 Å². The molecule has 0 aliphatic carbocycles. The monoisotopic (exact) mass is 366 g/mol. The van der Waals surface area contributed by atoms with Gasteiger partial charge in [-0.1, -0.05) is 13.8 Å². The van der Waals surface area contributed by atoms with Crippen molar-refractivity contribution in [2.24, 2.45) is 5.92 Å². The molecule has 26 heavy (non-hydrogen) atoms. The van der Waals surface area contributed by atoms with Crippen molar-refractivity contribution >= 4 is 6.29 Å². The summed E-state index contributed by atoms with van der Waals surface area (Å²) in [6.45, 7) is 4.06. The summed E-state index contributed by atoms with van der Waals surface area (Å²) in [5.41, 5.74) is 1.66. The van der Waals surface area contributed by atoms with Crippen LogP contribution in [0.1, 0.15) is 29.8 Å². The summed E-state index contributed by atoms with van der Waals surface area (Å²) in [6, 6.07) is 7.32. The topological polar surface area (TPSA) is 44.8 Å². The van der Waals surface area contributed by atoms with Crippen LogP contribution in [0.4, 0.5) is 13.2 Å². The van der Waals surface area contributed by atoms with Gasteiger partial charge in [0.05, 0.1) is 0 Å². The molecule has 0 bridgehead atoms. The van der Waals surface area contributed by atoms with Gasteiger partial charge in [-0.25, -0.2) is 0 Å². The molecule has 0 spiro atoms. The van der Waals surface area contributed by atoms with Gasteiger partial charge in [0.1, 0.15) is 12.0 Å². The number of aldehydes is 1. The number of hydrogen-bond donors (Lipinski definition) is 0. The number of hydrogen-bond acceptors (Lipinski definition) is 4. The number of alkyl halides is 3. The van der Waals surface area contributed by atoms with Crippen LogP contribution in [0.5, 0.6) is 17.2 Å². The second-order valence-corrected chi connectivity index (χ2v) is 6.40. The van der Waals surface area contributed by atoms with Crippen LogP contribution in [0.25, 0.3) is 11.1 Å². The van der Waals surface area contributed by atoms with Gasteiger partial charge in [0, 0.05) is 16.7 Å². The average Bonchev–Trinajstić information content (AvgIpc) is 3.01. The molecular formula is C19H17F3O4. The van der Waals surface area contributed by atoms with Gasteiger partial charge in [-0.3, -0.25) is 4.79 Å². The van der Waals surface area contributed by atoms with Gasteiger partial charge < -0.3 is 14.2 Å². The van der Waals surface area contributed by atoms with E-state index in [9.17, 15) is 18.0 Å². The molecule has 3 rings (SSSR count). The minimum absolute atomic E-state index is 0.0176. The Morgan fingerprint density at radius 2 is 1.92 bits per heavy atom. The van der Waals surface area contributed by atoms with E-state index in [4.69, 9.17) is 9.47 Å². The van der Waals surface area contributed by atoms with Crippen LogP contribution >= 0.6 is 0 Å². The lowest BCUT2D eigenvalue weighted by Gasteiger charge is -2.16. The summed E-state index contributed by atoms with van der Waals surface area (Å²) in [4.78, 5) is 11.1. The van der Waals surface area contributed by atoms with Crippen molar-refractivity contribution < 1.29 is 32.2 Å². The molecule has 1 aliphatic rings. The van der Waals surface area contributed by atoms with Gasteiger partial charge in [-0.2, -0.15) is 0 Å². The number of ether oxygens (including phenoxy) is 3. The predicted molar refractivity (Wildman–Crippen MR) is 88.6 cm³/mol. The van der Waals surface area contributed by atoms with E-state index in [2.05, 4.69) is 4.74 Å². The second kappa shape index (κ2) is 6.90. The highest BCUT2D eigenvalue weighted by Crippen LogP contribution is 2.46. The maximum atomic E-state index is 12.8. The fourth-order valence-electron chi connectivity index (χ4n) is 2.90. The highest BCUT2D eigenvalue weighted by Gasteiger charge is 2.33. The lowest BCUT2D eigenvalue weighted by atomic mass is 9.95. The molecule has 0 saturated carbocycles. The number of rotatable bonds is 5. The van der Waals surface area contributed by atoms with Gasteiger partial charge >= 0.3 is 6.36 Å². The Hall–Kier alpha value is -2.70. The standard InChI is InChI=1S/C19H17F3O4/c1-11(2)5-13-7-15(18-17(8-13)24-10-25-18)14-6-12(9-23)3-4-16(14)26-19(20,21)22/h3-4,6-9,11H,5,10H2,1-2H3. The second-order valence-electron chi connectivity index (χ2n) is 6.40. The Balaban J connectivity index is 2.18. The summed E-state index contributed by atoms with van der Waals surface area (Å²) in [6.07, 6.45) is -3.57. The van der Waals surface area contributed by atoms with Crippen molar-refractivity contribution in [2.45, 2.75) is 26.6 Å². The SMILES string of the molecule is CC(C)Cc1cc2c(c(-c3cc(C=O)ccc3OC(F)(F)F)c1)OCO2. The molecule has 2 aromatic carbocycles. The Morgan fingerprint density at radius 3 is 2.58 bits per heavy atom. The van der Waals surface area contributed by atoms with Crippen molar-refractivity contribution in [3.63, 3.8) is 0 Å². The molecular weight excluding hydrogens is 349 g/mol. The summed E-state index contributed by atoms with van der Waals surface area (Å²) < 4.78 is 53.4. The molecule has 0 radical (unpaired) electrons. The van der Waals surface area contributed by atoms with E-state index in [1.807, 2.05) is 19.9 Å². The van der Waals surface area contributed by atoms with Gasteiger partial charge in [-0.05, 0) is 48.2 Å². The number of carbonyl (C=O) groups excluding carboxylic acids is 1. The first-order valence-corrected chi connectivity index (χ1v) is 8.04. The van der Waals surface area contributed by atoms with Crippen molar-refractivity contribution in [3.05, 3.63) is 41.5 Å². The maximum Gasteiger partial charge on any atom is 0.573 e. The number of benzene rings is 2. The largest absolute Gasteiger partial charge is 0.573 e. The van der Waals surface area contributed by atoms with Gasteiger partial charge in [0.25, 0.3) is 0 Å². The highest BCUT2D eigenvalue weighted by atomic mass is 19.4. The lowest BCUT2D eigenvalue weighted by Crippen LogP contribution is -2.17. The van der Waals surface area contributed by atoms with Crippen LogP contribution in [0.2, 0.25) is 0 Å². The zero-order valence-corrected chi connectivity index (χ0v) is 14.2. The van der Waals surface area contributed by atoms with Gasteiger partial charge in [-0.15, -0.1) is 13.2 Å². The molecule has 1 heterocycles. The minimum Gasteiger partial charge on any atom is -0.454 e. The molecule has 7 heteroatoms. The first-order valence-electron chi connectivity index (χ1n) is 8.04. The Labute approximate surface area is 148 Å². The third-order valence-electron chi connectivity index (χ3n) is 3.83. The quantitative estimate of drug-likeness (QED) is 0.699. The van der Waals surface area contributed by atoms with Crippen molar-refractivity contribution in [1.82, 2.24) is 0 Å². The van der Waals surface area contributed by atoms with Crippen molar-refractivity contribution in [1.29, 1.82) is 0 Å². The molecule has 0 saturated heterocycles.